The van der Waals surface area contributed by atoms with Gasteiger partial charge in [0.1, 0.15) is 12.4 Å². The van der Waals surface area contributed by atoms with E-state index in [-0.39, 0.29) is 5.41 Å². The van der Waals surface area contributed by atoms with Crippen molar-refractivity contribution in [2.75, 3.05) is 26.2 Å². The van der Waals surface area contributed by atoms with Crippen molar-refractivity contribution in [3.05, 3.63) is 29.8 Å². The van der Waals surface area contributed by atoms with Gasteiger partial charge in [-0.3, -0.25) is 0 Å². The van der Waals surface area contributed by atoms with E-state index < -0.39 is 11.6 Å². The Morgan fingerprint density at radius 1 is 1.12 bits per heavy atom. The van der Waals surface area contributed by atoms with Gasteiger partial charge in [-0.1, -0.05) is 46.8 Å². The number of nitrogens with zero attached hydrogens (tertiary/aromatic N) is 1. The van der Waals surface area contributed by atoms with Gasteiger partial charge in [0.15, 0.2) is 0 Å². The standard InChI is InChI=1S/C19H32N2O3/c1-7-21(8-2)13-14-24-16-11-9-15(10-12-16)19(6,18(3,4)5)20-17(22)23/h9-12,20H,7-8,13-14H2,1-6H3,(H,22,23)/t19-/m1/s1. The highest BCUT2D eigenvalue weighted by Gasteiger charge is 2.40. The molecule has 1 amide bonds. The lowest BCUT2D eigenvalue weighted by Crippen LogP contribution is -2.51. The van der Waals surface area contributed by atoms with Crippen molar-refractivity contribution in [3.8, 4) is 5.75 Å². The molecule has 0 spiro atoms. The Morgan fingerprint density at radius 3 is 2.08 bits per heavy atom. The zero-order valence-corrected chi connectivity index (χ0v) is 15.8. The largest absolute Gasteiger partial charge is 0.492 e. The number of hydrogen-bond donors (Lipinski definition) is 2. The molecule has 0 saturated carbocycles. The number of hydrogen-bond acceptors (Lipinski definition) is 3. The highest BCUT2D eigenvalue weighted by atomic mass is 16.5. The Kier molecular flexibility index (Phi) is 7.08. The summed E-state index contributed by atoms with van der Waals surface area (Å²) in [6.07, 6.45) is -1.02. The van der Waals surface area contributed by atoms with Crippen LogP contribution >= 0.6 is 0 Å². The van der Waals surface area contributed by atoms with Crippen LogP contribution in [0, 0.1) is 5.41 Å². The predicted molar refractivity (Wildman–Crippen MR) is 97.7 cm³/mol. The summed E-state index contributed by atoms with van der Waals surface area (Å²) in [5, 5.41) is 11.9. The predicted octanol–water partition coefficient (Wildman–Crippen LogP) is 3.94. The minimum Gasteiger partial charge on any atom is -0.492 e. The summed E-state index contributed by atoms with van der Waals surface area (Å²) >= 11 is 0. The maximum absolute atomic E-state index is 11.2. The zero-order chi connectivity index (χ0) is 18.4. The van der Waals surface area contributed by atoms with Gasteiger partial charge in [0, 0.05) is 6.54 Å². The molecule has 0 aliphatic rings. The van der Waals surface area contributed by atoms with Crippen LogP contribution in [0.5, 0.6) is 5.75 Å². The number of amides is 1. The molecule has 1 rings (SSSR count). The smallest absolute Gasteiger partial charge is 0.405 e. The molecular weight excluding hydrogens is 304 g/mol. The van der Waals surface area contributed by atoms with E-state index in [4.69, 9.17) is 4.74 Å². The third-order valence-corrected chi connectivity index (χ3v) is 4.86. The van der Waals surface area contributed by atoms with Crippen LogP contribution in [-0.2, 0) is 5.54 Å². The maximum Gasteiger partial charge on any atom is 0.405 e. The second-order valence-corrected chi connectivity index (χ2v) is 7.20. The van der Waals surface area contributed by atoms with Crippen LogP contribution in [-0.4, -0.2) is 42.3 Å². The molecule has 1 aromatic carbocycles. The number of ether oxygens (including phenoxy) is 1. The summed E-state index contributed by atoms with van der Waals surface area (Å²) in [4.78, 5) is 13.5. The zero-order valence-electron chi connectivity index (χ0n) is 15.8. The Hall–Kier alpha value is -1.75. The van der Waals surface area contributed by atoms with Gasteiger partial charge < -0.3 is 20.1 Å². The quantitative estimate of drug-likeness (QED) is 0.755. The van der Waals surface area contributed by atoms with E-state index in [0.29, 0.717) is 6.61 Å². The van der Waals surface area contributed by atoms with Gasteiger partial charge in [0.25, 0.3) is 0 Å². The van der Waals surface area contributed by atoms with Crippen LogP contribution in [0.3, 0.4) is 0 Å². The lowest BCUT2D eigenvalue weighted by Gasteiger charge is -2.42. The van der Waals surface area contributed by atoms with Crippen molar-refractivity contribution in [2.24, 2.45) is 5.41 Å². The molecule has 0 aromatic heterocycles. The number of rotatable bonds is 8. The topological polar surface area (TPSA) is 61.8 Å². The molecule has 5 nitrogen and oxygen atoms in total. The molecule has 0 aliphatic heterocycles. The minimum absolute atomic E-state index is 0.267. The van der Waals surface area contributed by atoms with Crippen LogP contribution in [0.15, 0.2) is 24.3 Å². The second-order valence-electron chi connectivity index (χ2n) is 7.20. The van der Waals surface area contributed by atoms with Gasteiger partial charge in [-0.05, 0) is 43.1 Å². The van der Waals surface area contributed by atoms with Crippen molar-refractivity contribution in [2.45, 2.75) is 47.1 Å². The summed E-state index contributed by atoms with van der Waals surface area (Å²) in [5.41, 5.74) is -0.0248. The maximum atomic E-state index is 11.2. The number of carbonyl (C=O) groups is 1. The van der Waals surface area contributed by atoms with Gasteiger partial charge in [-0.25, -0.2) is 4.79 Å². The summed E-state index contributed by atoms with van der Waals surface area (Å²) < 4.78 is 5.80. The molecule has 0 fully saturated rings. The SMILES string of the molecule is CCN(CC)CCOc1ccc([C@@](C)(NC(=O)O)C(C)(C)C)cc1. The molecule has 5 heteroatoms. The summed E-state index contributed by atoms with van der Waals surface area (Å²) in [7, 11) is 0. The van der Waals surface area contributed by atoms with Crippen LogP contribution in [0.4, 0.5) is 4.79 Å². The van der Waals surface area contributed by atoms with Gasteiger partial charge in [0.2, 0.25) is 0 Å². The molecule has 1 aromatic rings. The van der Waals surface area contributed by atoms with Crippen molar-refractivity contribution in [3.63, 3.8) is 0 Å². The van der Waals surface area contributed by atoms with Crippen LogP contribution in [0.1, 0.15) is 47.1 Å². The summed E-state index contributed by atoms with van der Waals surface area (Å²) in [6.45, 7) is 15.8. The Labute approximate surface area is 146 Å². The molecule has 0 heterocycles. The first-order valence-electron chi connectivity index (χ1n) is 8.60. The van der Waals surface area contributed by atoms with E-state index in [0.717, 1.165) is 30.9 Å². The molecule has 0 aliphatic carbocycles. The van der Waals surface area contributed by atoms with E-state index in [9.17, 15) is 9.90 Å². The Bertz CT molecular complexity index is 518. The van der Waals surface area contributed by atoms with E-state index in [2.05, 4.69) is 24.1 Å². The number of nitrogens with one attached hydrogen (secondary N) is 1. The van der Waals surface area contributed by atoms with Gasteiger partial charge in [0.05, 0.1) is 5.54 Å². The molecular formula is C19H32N2O3. The average Bonchev–Trinajstić information content (AvgIpc) is 2.50. The molecule has 0 radical (unpaired) electrons. The molecule has 0 unspecified atom stereocenters. The second kappa shape index (κ2) is 8.38. The molecule has 136 valence electrons. The van der Waals surface area contributed by atoms with E-state index in [1.807, 2.05) is 52.0 Å². The van der Waals surface area contributed by atoms with Crippen LogP contribution < -0.4 is 10.1 Å². The fourth-order valence-electron chi connectivity index (χ4n) is 2.62. The first-order chi connectivity index (χ1) is 11.1. The number of benzene rings is 1. The average molecular weight is 336 g/mol. The molecule has 1 atom stereocenters. The van der Waals surface area contributed by atoms with E-state index >= 15 is 0 Å². The molecule has 2 N–H and O–H groups in total. The third-order valence-electron chi connectivity index (χ3n) is 4.86. The van der Waals surface area contributed by atoms with Gasteiger partial charge >= 0.3 is 6.09 Å². The fraction of sp³-hybridized carbons (Fsp3) is 0.632. The van der Waals surface area contributed by atoms with Crippen molar-refractivity contribution in [1.82, 2.24) is 10.2 Å². The summed E-state index contributed by atoms with van der Waals surface area (Å²) in [5.74, 6) is 0.803. The van der Waals surface area contributed by atoms with E-state index in [1.54, 1.807) is 0 Å². The van der Waals surface area contributed by atoms with Crippen molar-refractivity contribution in [1.29, 1.82) is 0 Å². The third kappa shape index (κ3) is 5.13. The van der Waals surface area contributed by atoms with E-state index in [1.165, 1.54) is 0 Å². The Morgan fingerprint density at radius 2 is 1.67 bits per heavy atom. The summed E-state index contributed by atoms with van der Waals surface area (Å²) in [6, 6.07) is 7.69. The first-order valence-corrected chi connectivity index (χ1v) is 8.60. The lowest BCUT2D eigenvalue weighted by molar-refractivity contribution is 0.130. The highest BCUT2D eigenvalue weighted by molar-refractivity contribution is 5.66. The monoisotopic (exact) mass is 336 g/mol. The molecule has 0 saturated heterocycles. The fourth-order valence-corrected chi connectivity index (χ4v) is 2.62. The Balaban J connectivity index is 2.82. The van der Waals surface area contributed by atoms with Crippen molar-refractivity contribution < 1.29 is 14.6 Å². The first kappa shape index (κ1) is 20.3. The highest BCUT2D eigenvalue weighted by Crippen LogP contribution is 2.39. The molecule has 0 bridgehead atoms. The lowest BCUT2D eigenvalue weighted by atomic mass is 9.70. The van der Waals surface area contributed by atoms with Crippen LogP contribution in [0.2, 0.25) is 0 Å². The van der Waals surface area contributed by atoms with Gasteiger partial charge in [-0.2, -0.15) is 0 Å². The molecule has 24 heavy (non-hydrogen) atoms. The number of carboxylic acid groups (broad SMARTS) is 1. The van der Waals surface area contributed by atoms with Crippen molar-refractivity contribution >= 4 is 6.09 Å². The normalized spacial score (nSPS) is 14.3. The van der Waals surface area contributed by atoms with Crippen LogP contribution in [0.25, 0.3) is 0 Å². The van der Waals surface area contributed by atoms with Gasteiger partial charge in [-0.15, -0.1) is 0 Å². The number of likely N-dealkylation sites (N-methyl/N-ethyl adjacent to an activating group) is 1. The minimum atomic E-state index is -1.02.